The highest BCUT2D eigenvalue weighted by Gasteiger charge is 2.30. The standard InChI is InChI=1S/C11H17N3O2S/c1-12-10-5-2-6-11(14-10)13-8-9-4-3-7-17(9,15)16/h2,5-6,9H,3-4,7-8H2,1H3,(H2,12,13,14). The maximum atomic E-state index is 11.6. The Labute approximate surface area is 102 Å². The first-order valence-electron chi connectivity index (χ1n) is 5.72. The molecule has 2 N–H and O–H groups in total. The van der Waals surface area contributed by atoms with E-state index in [4.69, 9.17) is 0 Å². The minimum absolute atomic E-state index is 0.262. The summed E-state index contributed by atoms with van der Waals surface area (Å²) in [5.74, 6) is 1.80. The van der Waals surface area contributed by atoms with Crippen molar-refractivity contribution in [1.29, 1.82) is 0 Å². The summed E-state index contributed by atoms with van der Waals surface area (Å²) in [6.07, 6.45) is 1.53. The number of aromatic nitrogens is 1. The van der Waals surface area contributed by atoms with Crippen molar-refractivity contribution in [3.8, 4) is 0 Å². The lowest BCUT2D eigenvalue weighted by molar-refractivity contribution is 0.591. The summed E-state index contributed by atoms with van der Waals surface area (Å²) in [6, 6.07) is 5.57. The van der Waals surface area contributed by atoms with Gasteiger partial charge in [0.05, 0.1) is 11.0 Å². The lowest BCUT2D eigenvalue weighted by Gasteiger charge is -2.11. The van der Waals surface area contributed by atoms with Gasteiger partial charge >= 0.3 is 0 Å². The van der Waals surface area contributed by atoms with Crippen LogP contribution in [0.25, 0.3) is 0 Å². The van der Waals surface area contributed by atoms with Gasteiger partial charge in [0.1, 0.15) is 11.6 Å². The molecular formula is C11H17N3O2S. The average molecular weight is 255 g/mol. The highest BCUT2D eigenvalue weighted by atomic mass is 32.2. The molecule has 0 aliphatic carbocycles. The Morgan fingerprint density at radius 1 is 1.41 bits per heavy atom. The van der Waals surface area contributed by atoms with E-state index in [0.29, 0.717) is 18.1 Å². The summed E-state index contributed by atoms with van der Waals surface area (Å²) >= 11 is 0. The molecule has 5 nitrogen and oxygen atoms in total. The molecule has 1 aliphatic rings. The van der Waals surface area contributed by atoms with Crippen molar-refractivity contribution in [3.05, 3.63) is 18.2 Å². The number of rotatable bonds is 4. The van der Waals surface area contributed by atoms with Crippen molar-refractivity contribution >= 4 is 21.5 Å². The van der Waals surface area contributed by atoms with Gasteiger partial charge in [0.2, 0.25) is 0 Å². The molecule has 17 heavy (non-hydrogen) atoms. The van der Waals surface area contributed by atoms with Crippen molar-refractivity contribution in [2.75, 3.05) is 30.0 Å². The second-order valence-electron chi connectivity index (χ2n) is 4.17. The molecule has 2 rings (SSSR count). The minimum atomic E-state index is -2.88. The molecule has 1 aromatic heterocycles. The average Bonchev–Trinajstić information content (AvgIpc) is 2.66. The minimum Gasteiger partial charge on any atom is -0.373 e. The predicted molar refractivity (Wildman–Crippen MR) is 69.1 cm³/mol. The van der Waals surface area contributed by atoms with E-state index in [1.54, 1.807) is 7.05 Å². The fourth-order valence-corrected chi connectivity index (χ4v) is 3.74. The Morgan fingerprint density at radius 2 is 2.18 bits per heavy atom. The molecule has 1 atom stereocenters. The zero-order valence-corrected chi connectivity index (χ0v) is 10.6. The summed E-state index contributed by atoms with van der Waals surface area (Å²) in [5, 5.41) is 5.77. The monoisotopic (exact) mass is 255 g/mol. The second kappa shape index (κ2) is 4.91. The van der Waals surface area contributed by atoms with Gasteiger partial charge in [0, 0.05) is 13.6 Å². The molecule has 1 aromatic rings. The third-order valence-electron chi connectivity index (χ3n) is 2.98. The first-order valence-corrected chi connectivity index (χ1v) is 7.43. The van der Waals surface area contributed by atoms with E-state index in [0.717, 1.165) is 18.7 Å². The number of pyridine rings is 1. The molecule has 1 unspecified atom stereocenters. The topological polar surface area (TPSA) is 71.1 Å². The number of hydrogen-bond acceptors (Lipinski definition) is 5. The number of hydrogen-bond donors (Lipinski definition) is 2. The molecule has 0 saturated carbocycles. The smallest absolute Gasteiger partial charge is 0.154 e. The number of nitrogens with one attached hydrogen (secondary N) is 2. The summed E-state index contributed by atoms with van der Waals surface area (Å²) in [6.45, 7) is 0.447. The first-order chi connectivity index (χ1) is 8.12. The van der Waals surface area contributed by atoms with Gasteiger partial charge in [-0.05, 0) is 25.0 Å². The molecule has 2 heterocycles. The fraction of sp³-hybridized carbons (Fsp3) is 0.545. The third kappa shape index (κ3) is 2.88. The zero-order chi connectivity index (χ0) is 12.3. The quantitative estimate of drug-likeness (QED) is 0.843. The maximum Gasteiger partial charge on any atom is 0.154 e. The largest absolute Gasteiger partial charge is 0.373 e. The van der Waals surface area contributed by atoms with Crippen LogP contribution in [0.4, 0.5) is 11.6 Å². The van der Waals surface area contributed by atoms with Crippen LogP contribution in [0.3, 0.4) is 0 Å². The number of anilines is 2. The van der Waals surface area contributed by atoms with Gasteiger partial charge in [-0.1, -0.05) is 6.07 Å². The molecular weight excluding hydrogens is 238 g/mol. The van der Waals surface area contributed by atoms with Gasteiger partial charge in [-0.15, -0.1) is 0 Å². The van der Waals surface area contributed by atoms with E-state index in [1.165, 1.54) is 0 Å². The lowest BCUT2D eigenvalue weighted by Crippen LogP contribution is -2.25. The van der Waals surface area contributed by atoms with Crippen LogP contribution in [-0.2, 0) is 9.84 Å². The number of sulfone groups is 1. The molecule has 0 bridgehead atoms. The highest BCUT2D eigenvalue weighted by molar-refractivity contribution is 7.92. The molecule has 0 spiro atoms. The van der Waals surface area contributed by atoms with Crippen molar-refractivity contribution < 1.29 is 8.42 Å². The third-order valence-corrected chi connectivity index (χ3v) is 5.25. The van der Waals surface area contributed by atoms with E-state index in [9.17, 15) is 8.42 Å². The van der Waals surface area contributed by atoms with Gasteiger partial charge in [-0.3, -0.25) is 0 Å². The van der Waals surface area contributed by atoms with Crippen LogP contribution >= 0.6 is 0 Å². The van der Waals surface area contributed by atoms with Crippen LogP contribution < -0.4 is 10.6 Å². The maximum absolute atomic E-state index is 11.6. The van der Waals surface area contributed by atoms with E-state index in [1.807, 2.05) is 18.2 Å². The van der Waals surface area contributed by atoms with Crippen molar-refractivity contribution in [2.24, 2.45) is 0 Å². The Morgan fingerprint density at radius 3 is 2.82 bits per heavy atom. The SMILES string of the molecule is CNc1cccc(NCC2CCCS2(=O)=O)n1. The Bertz CT molecular complexity index is 487. The molecule has 1 fully saturated rings. The van der Waals surface area contributed by atoms with Gasteiger partial charge in [-0.2, -0.15) is 0 Å². The Hall–Kier alpha value is -1.30. The number of nitrogens with zero attached hydrogens (tertiary/aromatic N) is 1. The van der Waals surface area contributed by atoms with Crippen molar-refractivity contribution in [3.63, 3.8) is 0 Å². The van der Waals surface area contributed by atoms with Crippen molar-refractivity contribution in [1.82, 2.24) is 4.98 Å². The summed E-state index contributed by atoms with van der Waals surface area (Å²) in [5.41, 5.74) is 0. The Balaban J connectivity index is 1.98. The normalized spacial score (nSPS) is 22.3. The molecule has 6 heteroatoms. The van der Waals surface area contributed by atoms with Crippen LogP contribution in [0.2, 0.25) is 0 Å². The molecule has 1 aliphatic heterocycles. The summed E-state index contributed by atoms with van der Waals surface area (Å²) < 4.78 is 23.3. The molecule has 0 radical (unpaired) electrons. The van der Waals surface area contributed by atoms with Gasteiger partial charge in [0.15, 0.2) is 9.84 Å². The molecule has 0 amide bonds. The van der Waals surface area contributed by atoms with E-state index < -0.39 is 9.84 Å². The molecule has 94 valence electrons. The van der Waals surface area contributed by atoms with Crippen LogP contribution in [0, 0.1) is 0 Å². The van der Waals surface area contributed by atoms with E-state index >= 15 is 0 Å². The van der Waals surface area contributed by atoms with Crippen LogP contribution in [0.5, 0.6) is 0 Å². The molecule has 0 aromatic carbocycles. The van der Waals surface area contributed by atoms with Crippen LogP contribution in [0.1, 0.15) is 12.8 Å². The fourth-order valence-electron chi connectivity index (χ4n) is 1.98. The summed E-state index contributed by atoms with van der Waals surface area (Å²) in [4.78, 5) is 4.28. The Kier molecular flexibility index (Phi) is 3.51. The van der Waals surface area contributed by atoms with E-state index in [-0.39, 0.29) is 5.25 Å². The zero-order valence-electron chi connectivity index (χ0n) is 9.81. The highest BCUT2D eigenvalue weighted by Crippen LogP contribution is 2.20. The first kappa shape index (κ1) is 12.2. The summed E-state index contributed by atoms with van der Waals surface area (Å²) in [7, 11) is -1.08. The van der Waals surface area contributed by atoms with Crippen LogP contribution in [-0.4, -0.2) is 38.0 Å². The molecule has 1 saturated heterocycles. The van der Waals surface area contributed by atoms with Crippen LogP contribution in [0.15, 0.2) is 18.2 Å². The van der Waals surface area contributed by atoms with Gasteiger partial charge < -0.3 is 10.6 Å². The van der Waals surface area contributed by atoms with Gasteiger partial charge in [0.25, 0.3) is 0 Å². The van der Waals surface area contributed by atoms with E-state index in [2.05, 4.69) is 15.6 Å². The van der Waals surface area contributed by atoms with Gasteiger partial charge in [-0.25, -0.2) is 13.4 Å². The second-order valence-corrected chi connectivity index (χ2v) is 6.57. The van der Waals surface area contributed by atoms with Crippen molar-refractivity contribution in [2.45, 2.75) is 18.1 Å². The lowest BCUT2D eigenvalue weighted by atomic mass is 10.2. The predicted octanol–water partition coefficient (Wildman–Crippen LogP) is 1.11.